The first-order valence-electron chi connectivity index (χ1n) is 19.6. The quantitative estimate of drug-likeness (QED) is 0.0556. The van der Waals surface area contributed by atoms with Gasteiger partial charge >= 0.3 is 0 Å². The molecule has 4 fully saturated rings. The minimum absolute atomic E-state index is 0.0649. The van der Waals surface area contributed by atoms with E-state index >= 15 is 0 Å². The van der Waals surface area contributed by atoms with Crippen molar-refractivity contribution in [3.8, 4) is 23.0 Å². The summed E-state index contributed by atoms with van der Waals surface area (Å²) >= 11 is 0. The number of unbranched alkanes of at least 4 members (excludes halogenated alkanes) is 1. The van der Waals surface area contributed by atoms with Gasteiger partial charge in [-0.05, 0) is 30.7 Å². The zero-order valence-electron chi connectivity index (χ0n) is 31.7. The lowest BCUT2D eigenvalue weighted by atomic mass is 9.51. The number of hydrogen-bond acceptors (Lipinski definition) is 8. The summed E-state index contributed by atoms with van der Waals surface area (Å²) in [6.07, 6.45) is 6.93. The molecule has 0 aromatic heterocycles. The molecule has 8 heteroatoms. The maximum absolute atomic E-state index is 6.69. The molecule has 4 aliphatic rings. The van der Waals surface area contributed by atoms with Crippen LogP contribution in [0.25, 0.3) is 0 Å². The fourth-order valence-corrected chi connectivity index (χ4v) is 7.75. The Morgan fingerprint density at radius 2 is 0.800 bits per heavy atom. The Labute approximate surface area is 325 Å². The average molecular weight is 744 g/mol. The number of epoxide rings is 4. The van der Waals surface area contributed by atoms with Crippen LogP contribution >= 0.6 is 0 Å². The number of para-hydroxylation sites is 4. The third-order valence-corrected chi connectivity index (χ3v) is 10.9. The van der Waals surface area contributed by atoms with Gasteiger partial charge in [-0.3, -0.25) is 0 Å². The van der Waals surface area contributed by atoms with Crippen molar-refractivity contribution in [1.29, 1.82) is 0 Å². The van der Waals surface area contributed by atoms with Gasteiger partial charge in [-0.1, -0.05) is 105 Å². The van der Waals surface area contributed by atoms with Crippen molar-refractivity contribution in [2.24, 2.45) is 0 Å². The molecular formula is C47H51O8. The number of rotatable bonds is 23. The topological polar surface area (TPSA) is 87.0 Å². The van der Waals surface area contributed by atoms with E-state index < -0.39 is 10.8 Å². The minimum Gasteiger partial charge on any atom is -0.490 e. The van der Waals surface area contributed by atoms with Crippen molar-refractivity contribution in [2.75, 3.05) is 52.9 Å². The highest BCUT2D eigenvalue weighted by atomic mass is 16.6. The first kappa shape index (κ1) is 37.3. The lowest BCUT2D eigenvalue weighted by Gasteiger charge is -2.51. The van der Waals surface area contributed by atoms with Gasteiger partial charge in [-0.25, -0.2) is 0 Å². The van der Waals surface area contributed by atoms with Gasteiger partial charge in [0.15, 0.2) is 0 Å². The van der Waals surface area contributed by atoms with Crippen molar-refractivity contribution >= 4 is 0 Å². The van der Waals surface area contributed by atoms with Crippen molar-refractivity contribution < 1.29 is 37.9 Å². The van der Waals surface area contributed by atoms with Crippen LogP contribution in [-0.4, -0.2) is 77.3 Å². The summed E-state index contributed by atoms with van der Waals surface area (Å²) < 4.78 is 49.2. The second kappa shape index (κ2) is 16.6. The van der Waals surface area contributed by atoms with Crippen LogP contribution < -0.4 is 18.9 Å². The molecule has 4 atom stereocenters. The van der Waals surface area contributed by atoms with Crippen molar-refractivity contribution in [3.05, 3.63) is 151 Å². The van der Waals surface area contributed by atoms with Gasteiger partial charge in [-0.2, -0.15) is 0 Å². The van der Waals surface area contributed by atoms with Gasteiger partial charge < -0.3 is 37.9 Å². The zero-order chi connectivity index (χ0) is 37.7. The maximum atomic E-state index is 6.69. The summed E-state index contributed by atoms with van der Waals surface area (Å²) in [7, 11) is 0. The Morgan fingerprint density at radius 1 is 0.527 bits per heavy atom. The molecule has 4 aromatic carbocycles. The van der Waals surface area contributed by atoms with Crippen LogP contribution in [0.3, 0.4) is 0 Å². The highest BCUT2D eigenvalue weighted by Crippen LogP contribution is 2.61. The Morgan fingerprint density at radius 3 is 1.04 bits per heavy atom. The summed E-state index contributed by atoms with van der Waals surface area (Å²) in [5.74, 6) is 4.10. The van der Waals surface area contributed by atoms with Crippen LogP contribution in [0.15, 0.2) is 122 Å². The molecular weight excluding hydrogens is 693 g/mol. The van der Waals surface area contributed by atoms with Gasteiger partial charge in [0, 0.05) is 28.2 Å². The first-order valence-corrected chi connectivity index (χ1v) is 19.6. The molecule has 0 aliphatic carbocycles. The van der Waals surface area contributed by atoms with E-state index in [1.54, 1.807) is 0 Å². The largest absolute Gasteiger partial charge is 0.490 e. The van der Waals surface area contributed by atoms with E-state index in [0.29, 0.717) is 59.3 Å². The van der Waals surface area contributed by atoms with Crippen LogP contribution in [0.4, 0.5) is 0 Å². The summed E-state index contributed by atoms with van der Waals surface area (Å²) in [6.45, 7) is 16.2. The van der Waals surface area contributed by atoms with E-state index in [-0.39, 0.29) is 24.4 Å². The summed E-state index contributed by atoms with van der Waals surface area (Å²) in [5.41, 5.74) is 1.75. The van der Waals surface area contributed by atoms with Crippen LogP contribution in [0.5, 0.6) is 23.0 Å². The molecule has 4 aromatic rings. The summed E-state index contributed by atoms with van der Waals surface area (Å²) in [6, 6.07) is 33.2. The molecule has 8 rings (SSSR count). The predicted molar refractivity (Wildman–Crippen MR) is 211 cm³/mol. The van der Waals surface area contributed by atoms with Crippen molar-refractivity contribution in [3.63, 3.8) is 0 Å². The van der Waals surface area contributed by atoms with Crippen LogP contribution in [-0.2, 0) is 29.8 Å². The zero-order valence-corrected chi connectivity index (χ0v) is 31.7. The normalized spacial score (nSPS) is 22.8. The molecule has 55 heavy (non-hydrogen) atoms. The molecule has 0 bridgehead atoms. The number of benzene rings is 4. The maximum Gasteiger partial charge on any atom is 0.123 e. The van der Waals surface area contributed by atoms with E-state index in [0.717, 1.165) is 64.0 Å². The van der Waals surface area contributed by atoms with Gasteiger partial charge in [-0.15, -0.1) is 13.2 Å². The van der Waals surface area contributed by atoms with E-state index in [4.69, 9.17) is 51.1 Å². The van der Waals surface area contributed by atoms with E-state index in [9.17, 15) is 0 Å². The fraction of sp³-hybridized carbons (Fsp3) is 0.383. The third kappa shape index (κ3) is 8.05. The molecule has 4 unspecified atom stereocenters. The second-order valence-corrected chi connectivity index (χ2v) is 14.7. The Bertz CT molecular complexity index is 1670. The van der Waals surface area contributed by atoms with E-state index in [2.05, 4.69) is 67.6 Å². The molecule has 4 heterocycles. The van der Waals surface area contributed by atoms with E-state index in [1.165, 1.54) is 0 Å². The highest BCUT2D eigenvalue weighted by molar-refractivity contribution is 5.69. The van der Waals surface area contributed by atoms with Crippen LogP contribution in [0.2, 0.25) is 0 Å². The Kier molecular flexibility index (Phi) is 11.3. The molecule has 1 radical (unpaired) electrons. The lowest BCUT2D eigenvalue weighted by Crippen LogP contribution is -2.47. The smallest absolute Gasteiger partial charge is 0.123 e. The van der Waals surface area contributed by atoms with Crippen LogP contribution in [0.1, 0.15) is 48.4 Å². The molecule has 0 saturated carbocycles. The Hall–Kier alpha value is -4.60. The number of allylic oxidation sites excluding steroid dienone is 2. The van der Waals surface area contributed by atoms with Gasteiger partial charge in [0.2, 0.25) is 0 Å². The first-order chi connectivity index (χ1) is 27.1. The average Bonchev–Trinajstić information content (AvgIpc) is 4.03. The molecule has 8 nitrogen and oxygen atoms in total. The summed E-state index contributed by atoms with van der Waals surface area (Å²) in [4.78, 5) is 0. The van der Waals surface area contributed by atoms with E-state index in [1.807, 2.05) is 48.5 Å². The number of ether oxygens (including phenoxy) is 8. The molecule has 4 aliphatic heterocycles. The van der Waals surface area contributed by atoms with Crippen LogP contribution in [0, 0.1) is 5.92 Å². The molecule has 0 amide bonds. The predicted octanol–water partition coefficient (Wildman–Crippen LogP) is 8.21. The summed E-state index contributed by atoms with van der Waals surface area (Å²) in [5, 5.41) is 0. The standard InChI is InChI=1S/C47H51O8/c1-4-7-24-45(46(5-2,37-16-8-12-20-41(37)52-29-33-25-48-33)38-17-9-13-21-42(38)53-30-34-26-49-34)47(6-3,39-18-10-14-22-43(39)54-31-35-27-50-35)40-19-11-15-23-44(40)55-32-36-28-51-36/h5-6,8-23,33-36H,2-4,7,24-32H2,1H3. The Balaban J connectivity index is 1.42. The van der Waals surface area contributed by atoms with Crippen molar-refractivity contribution in [2.45, 2.75) is 61.4 Å². The lowest BCUT2D eigenvalue weighted by molar-refractivity contribution is 0.249. The fourth-order valence-electron chi connectivity index (χ4n) is 7.75. The van der Waals surface area contributed by atoms with Crippen molar-refractivity contribution in [1.82, 2.24) is 0 Å². The number of hydrogen-bond donors (Lipinski definition) is 0. The monoisotopic (exact) mass is 743 g/mol. The third-order valence-electron chi connectivity index (χ3n) is 10.9. The SMILES string of the molecule is C=CC([C](CCCC)C(C=C)(c1ccccc1OCC1CO1)c1ccccc1OCC1CO1)(c1ccccc1OCC1CO1)c1ccccc1OCC1CO1. The molecule has 287 valence electrons. The van der Waals surface area contributed by atoms with Gasteiger partial charge in [0.05, 0.1) is 37.3 Å². The highest BCUT2D eigenvalue weighted by Gasteiger charge is 2.56. The van der Waals surface area contributed by atoms with Gasteiger partial charge in [0.25, 0.3) is 0 Å². The second-order valence-electron chi connectivity index (χ2n) is 14.7. The molecule has 0 spiro atoms. The minimum atomic E-state index is -1.01. The van der Waals surface area contributed by atoms with Gasteiger partial charge in [0.1, 0.15) is 73.8 Å². The molecule has 0 N–H and O–H groups in total. The molecule has 4 saturated heterocycles.